The van der Waals surface area contributed by atoms with Crippen molar-refractivity contribution in [3.8, 4) is 0 Å². The highest BCUT2D eigenvalue weighted by Gasteiger charge is 2.34. The van der Waals surface area contributed by atoms with Gasteiger partial charge in [0.1, 0.15) is 0 Å². The highest BCUT2D eigenvalue weighted by molar-refractivity contribution is 5.78. The second-order valence-corrected chi connectivity index (χ2v) is 6.09. The van der Waals surface area contributed by atoms with Gasteiger partial charge in [0.15, 0.2) is 5.96 Å². The number of nitrogens with zero attached hydrogens (tertiary/aromatic N) is 2. The van der Waals surface area contributed by atoms with Crippen molar-refractivity contribution in [2.75, 3.05) is 31.2 Å². The molecule has 0 radical (unpaired) electrons. The summed E-state index contributed by atoms with van der Waals surface area (Å²) in [5, 5.41) is 2.95. The summed E-state index contributed by atoms with van der Waals surface area (Å²) < 4.78 is 45.6. The van der Waals surface area contributed by atoms with Crippen LogP contribution in [0.1, 0.15) is 31.4 Å². The molecule has 1 saturated heterocycles. The van der Waals surface area contributed by atoms with Gasteiger partial charge in [-0.25, -0.2) is 4.99 Å². The van der Waals surface area contributed by atoms with Crippen LogP contribution in [0.4, 0.5) is 18.9 Å². The van der Waals surface area contributed by atoms with E-state index in [-0.39, 0.29) is 24.1 Å². The molecule has 0 bridgehead atoms. The molecule has 0 saturated carbocycles. The number of anilines is 1. The number of halogens is 3. The van der Waals surface area contributed by atoms with Crippen molar-refractivity contribution >= 4 is 11.6 Å². The van der Waals surface area contributed by atoms with E-state index in [1.54, 1.807) is 6.07 Å². The first-order valence-corrected chi connectivity index (χ1v) is 8.40. The number of guanidine groups is 1. The molecule has 1 aromatic rings. The topological polar surface area (TPSA) is 62.9 Å². The average molecular weight is 358 g/mol. The second-order valence-electron chi connectivity index (χ2n) is 6.09. The molecular weight excluding hydrogens is 333 g/mol. The zero-order valence-corrected chi connectivity index (χ0v) is 14.6. The third kappa shape index (κ3) is 5.52. The Bertz CT molecular complexity index is 598. The van der Waals surface area contributed by atoms with Crippen LogP contribution in [0.15, 0.2) is 23.2 Å². The summed E-state index contributed by atoms with van der Waals surface area (Å²) in [6, 6.07) is 4.49. The van der Waals surface area contributed by atoms with Gasteiger partial charge in [-0.15, -0.1) is 0 Å². The second kappa shape index (κ2) is 8.42. The van der Waals surface area contributed by atoms with E-state index >= 15 is 0 Å². The van der Waals surface area contributed by atoms with Crippen LogP contribution < -0.4 is 16.0 Å². The SMILES string of the molecule is CCC(C)NC(N)=NCc1ccc(N2CCOCC2)cc1C(F)(F)F. The van der Waals surface area contributed by atoms with E-state index in [1.807, 2.05) is 18.7 Å². The number of nitrogens with one attached hydrogen (secondary N) is 1. The van der Waals surface area contributed by atoms with E-state index in [9.17, 15) is 13.2 Å². The molecule has 1 atom stereocenters. The smallest absolute Gasteiger partial charge is 0.378 e. The van der Waals surface area contributed by atoms with Crippen LogP contribution >= 0.6 is 0 Å². The number of hydrogen-bond donors (Lipinski definition) is 2. The summed E-state index contributed by atoms with van der Waals surface area (Å²) in [6.07, 6.45) is -3.59. The molecule has 1 aliphatic heterocycles. The van der Waals surface area contributed by atoms with Gasteiger partial charge in [0.2, 0.25) is 0 Å². The number of ether oxygens (including phenoxy) is 1. The van der Waals surface area contributed by atoms with E-state index in [0.29, 0.717) is 32.0 Å². The van der Waals surface area contributed by atoms with E-state index < -0.39 is 11.7 Å². The molecule has 1 fully saturated rings. The fraction of sp³-hybridized carbons (Fsp3) is 0.588. The summed E-state index contributed by atoms with van der Waals surface area (Å²) in [5.41, 5.74) is 5.73. The van der Waals surface area contributed by atoms with Crippen LogP contribution in [-0.2, 0) is 17.5 Å². The zero-order chi connectivity index (χ0) is 18.4. The van der Waals surface area contributed by atoms with Crippen LogP contribution in [0.25, 0.3) is 0 Å². The molecular formula is C17H25F3N4O. The van der Waals surface area contributed by atoms with Crippen LogP contribution in [0.3, 0.4) is 0 Å². The van der Waals surface area contributed by atoms with Gasteiger partial charge >= 0.3 is 6.18 Å². The molecule has 8 heteroatoms. The summed E-state index contributed by atoms with van der Waals surface area (Å²) in [6.45, 7) is 6.00. The number of morpholine rings is 1. The molecule has 3 N–H and O–H groups in total. The van der Waals surface area contributed by atoms with E-state index in [0.717, 1.165) is 6.42 Å². The van der Waals surface area contributed by atoms with Crippen molar-refractivity contribution < 1.29 is 17.9 Å². The number of benzene rings is 1. The molecule has 25 heavy (non-hydrogen) atoms. The van der Waals surface area contributed by atoms with Crippen molar-refractivity contribution in [1.82, 2.24) is 5.32 Å². The lowest BCUT2D eigenvalue weighted by Gasteiger charge is -2.29. The maximum atomic E-state index is 13.4. The Morgan fingerprint density at radius 1 is 1.36 bits per heavy atom. The van der Waals surface area contributed by atoms with Crippen LogP contribution in [0.5, 0.6) is 0 Å². The molecule has 5 nitrogen and oxygen atoms in total. The molecule has 0 spiro atoms. The highest BCUT2D eigenvalue weighted by Crippen LogP contribution is 2.35. The number of aliphatic imine (C=N–C) groups is 1. The summed E-state index contributed by atoms with van der Waals surface area (Å²) in [4.78, 5) is 5.94. The average Bonchev–Trinajstić information content (AvgIpc) is 2.59. The molecule has 1 unspecified atom stereocenters. The monoisotopic (exact) mass is 358 g/mol. The van der Waals surface area contributed by atoms with E-state index in [1.165, 1.54) is 12.1 Å². The van der Waals surface area contributed by atoms with Crippen molar-refractivity contribution in [3.63, 3.8) is 0 Å². The first-order valence-electron chi connectivity index (χ1n) is 8.40. The van der Waals surface area contributed by atoms with Gasteiger partial charge in [0.25, 0.3) is 0 Å². The van der Waals surface area contributed by atoms with Gasteiger partial charge in [-0.05, 0) is 31.0 Å². The maximum Gasteiger partial charge on any atom is 0.416 e. The van der Waals surface area contributed by atoms with Gasteiger partial charge in [-0.2, -0.15) is 13.2 Å². The van der Waals surface area contributed by atoms with Gasteiger partial charge in [0.05, 0.1) is 25.3 Å². The molecule has 2 rings (SSSR count). The van der Waals surface area contributed by atoms with Crippen molar-refractivity contribution in [3.05, 3.63) is 29.3 Å². The van der Waals surface area contributed by atoms with E-state index in [2.05, 4.69) is 10.3 Å². The van der Waals surface area contributed by atoms with Crippen LogP contribution in [0.2, 0.25) is 0 Å². The number of nitrogens with two attached hydrogens (primary N) is 1. The van der Waals surface area contributed by atoms with Gasteiger partial charge in [0, 0.05) is 24.8 Å². The molecule has 0 aromatic heterocycles. The minimum atomic E-state index is -4.44. The third-order valence-corrected chi connectivity index (χ3v) is 4.20. The molecule has 1 heterocycles. The largest absolute Gasteiger partial charge is 0.416 e. The minimum absolute atomic E-state index is 0.110. The highest BCUT2D eigenvalue weighted by atomic mass is 19.4. The Morgan fingerprint density at radius 2 is 2.04 bits per heavy atom. The Balaban J connectivity index is 2.20. The van der Waals surface area contributed by atoms with Gasteiger partial charge in [-0.3, -0.25) is 0 Å². The summed E-state index contributed by atoms with van der Waals surface area (Å²) >= 11 is 0. The molecule has 1 aromatic carbocycles. The predicted octanol–water partition coefficient (Wildman–Crippen LogP) is 2.74. The van der Waals surface area contributed by atoms with Crippen LogP contribution in [0, 0.1) is 0 Å². The van der Waals surface area contributed by atoms with Crippen molar-refractivity contribution in [2.45, 2.75) is 39.0 Å². The Labute approximate surface area is 146 Å². The lowest BCUT2D eigenvalue weighted by molar-refractivity contribution is -0.138. The lowest BCUT2D eigenvalue weighted by atomic mass is 10.1. The summed E-state index contributed by atoms with van der Waals surface area (Å²) in [7, 11) is 0. The molecule has 0 amide bonds. The summed E-state index contributed by atoms with van der Waals surface area (Å²) in [5.74, 6) is 0.153. The van der Waals surface area contributed by atoms with Crippen LogP contribution in [-0.4, -0.2) is 38.3 Å². The quantitative estimate of drug-likeness (QED) is 0.628. The zero-order valence-electron chi connectivity index (χ0n) is 14.6. The fourth-order valence-electron chi connectivity index (χ4n) is 2.55. The van der Waals surface area contributed by atoms with E-state index in [4.69, 9.17) is 10.5 Å². The first kappa shape index (κ1) is 19.4. The number of hydrogen-bond acceptors (Lipinski definition) is 3. The normalized spacial score (nSPS) is 17.5. The van der Waals surface area contributed by atoms with Crippen molar-refractivity contribution in [1.29, 1.82) is 0 Å². The van der Waals surface area contributed by atoms with Gasteiger partial charge < -0.3 is 20.7 Å². The number of alkyl halides is 3. The van der Waals surface area contributed by atoms with Gasteiger partial charge in [-0.1, -0.05) is 13.0 Å². The lowest BCUT2D eigenvalue weighted by Crippen LogP contribution is -2.38. The van der Waals surface area contributed by atoms with Crippen molar-refractivity contribution in [2.24, 2.45) is 10.7 Å². The standard InChI is InChI=1S/C17H25F3N4O/c1-3-12(2)23-16(21)22-11-13-4-5-14(10-15(13)17(18,19)20)24-6-8-25-9-7-24/h4-5,10,12H,3,6-9,11H2,1-2H3,(H3,21,22,23). The Hall–Kier alpha value is -1.96. The molecule has 140 valence electrons. The molecule has 0 aliphatic carbocycles. The molecule has 1 aliphatic rings. The predicted molar refractivity (Wildman–Crippen MR) is 92.7 cm³/mol. The fourth-order valence-corrected chi connectivity index (χ4v) is 2.55. The maximum absolute atomic E-state index is 13.4. The first-order chi connectivity index (χ1) is 11.8. The minimum Gasteiger partial charge on any atom is -0.378 e. The number of rotatable bonds is 5. The third-order valence-electron chi connectivity index (χ3n) is 4.20. The Kier molecular flexibility index (Phi) is 6.52. The Morgan fingerprint density at radius 3 is 2.64 bits per heavy atom.